The number of nitro groups is 2. The van der Waals surface area contributed by atoms with Crippen LogP contribution < -0.4 is 10.6 Å². The molecule has 9 heteroatoms. The van der Waals surface area contributed by atoms with E-state index in [0.717, 1.165) is 6.07 Å². The largest absolute Gasteiger partial charge is 0.394 e. The van der Waals surface area contributed by atoms with E-state index in [4.69, 9.17) is 5.73 Å². The van der Waals surface area contributed by atoms with Gasteiger partial charge in [-0.3, -0.25) is 20.2 Å². The zero-order valence-corrected chi connectivity index (χ0v) is 11.3. The molecule has 1 heterocycles. The number of non-ortho nitro benzene ring substituents is 1. The third-order valence-electron chi connectivity index (χ3n) is 3.78. The predicted molar refractivity (Wildman–Crippen MR) is 75.2 cm³/mol. The SMILES string of the molecule is NC1(CO)CCN(c2ccc([N+](=O)[O-])cc2[N+](=O)[O-])CC1. The number of rotatable bonds is 4. The van der Waals surface area contributed by atoms with Gasteiger partial charge in [0.05, 0.1) is 22.5 Å². The topological polar surface area (TPSA) is 136 Å². The lowest BCUT2D eigenvalue weighted by Gasteiger charge is -2.38. The molecule has 0 aliphatic carbocycles. The minimum atomic E-state index is -0.663. The third-order valence-corrected chi connectivity index (χ3v) is 3.78. The Balaban J connectivity index is 2.28. The smallest absolute Gasteiger partial charge is 0.299 e. The summed E-state index contributed by atoms with van der Waals surface area (Å²) in [5, 5.41) is 31.0. The number of nitro benzene ring substituents is 2. The summed E-state index contributed by atoms with van der Waals surface area (Å²) in [5.74, 6) is 0. The summed E-state index contributed by atoms with van der Waals surface area (Å²) in [4.78, 5) is 22.3. The van der Waals surface area contributed by atoms with Crippen LogP contribution in [0, 0.1) is 20.2 Å². The third kappa shape index (κ3) is 3.09. The van der Waals surface area contributed by atoms with Gasteiger partial charge in [0.2, 0.25) is 0 Å². The summed E-state index contributed by atoms with van der Waals surface area (Å²) in [6.07, 6.45) is 0.995. The minimum absolute atomic E-state index is 0.136. The summed E-state index contributed by atoms with van der Waals surface area (Å²) < 4.78 is 0. The molecule has 1 saturated heterocycles. The molecule has 21 heavy (non-hydrogen) atoms. The molecule has 1 fully saturated rings. The highest BCUT2D eigenvalue weighted by molar-refractivity contribution is 5.67. The van der Waals surface area contributed by atoms with Crippen molar-refractivity contribution in [2.75, 3.05) is 24.6 Å². The molecule has 1 aliphatic heterocycles. The Morgan fingerprint density at radius 3 is 2.33 bits per heavy atom. The van der Waals surface area contributed by atoms with Crippen molar-refractivity contribution in [2.24, 2.45) is 5.73 Å². The van der Waals surface area contributed by atoms with Gasteiger partial charge in [-0.25, -0.2) is 0 Å². The maximum atomic E-state index is 11.1. The normalized spacial score (nSPS) is 17.5. The summed E-state index contributed by atoms with van der Waals surface area (Å²) in [7, 11) is 0. The van der Waals surface area contributed by atoms with Crippen molar-refractivity contribution in [3.8, 4) is 0 Å². The molecule has 1 aliphatic rings. The molecule has 0 aromatic heterocycles. The summed E-state index contributed by atoms with van der Waals surface area (Å²) in [6, 6.07) is 3.60. The fourth-order valence-corrected chi connectivity index (χ4v) is 2.39. The Labute approximate surface area is 120 Å². The maximum absolute atomic E-state index is 11.1. The highest BCUT2D eigenvalue weighted by Gasteiger charge is 2.32. The van der Waals surface area contributed by atoms with Gasteiger partial charge in [0.25, 0.3) is 11.4 Å². The number of hydrogen-bond donors (Lipinski definition) is 2. The van der Waals surface area contributed by atoms with Crippen LogP contribution in [-0.2, 0) is 0 Å². The number of aliphatic hydroxyl groups is 1. The molecular weight excluding hydrogens is 280 g/mol. The van der Waals surface area contributed by atoms with E-state index in [9.17, 15) is 25.3 Å². The highest BCUT2D eigenvalue weighted by Crippen LogP contribution is 2.34. The van der Waals surface area contributed by atoms with E-state index in [0.29, 0.717) is 31.6 Å². The van der Waals surface area contributed by atoms with Crippen molar-refractivity contribution in [2.45, 2.75) is 18.4 Å². The molecule has 0 saturated carbocycles. The van der Waals surface area contributed by atoms with Crippen molar-refractivity contribution in [1.82, 2.24) is 0 Å². The Bertz CT molecular complexity index is 569. The van der Waals surface area contributed by atoms with Crippen LogP contribution in [0.5, 0.6) is 0 Å². The van der Waals surface area contributed by atoms with E-state index in [1.165, 1.54) is 12.1 Å². The van der Waals surface area contributed by atoms with Crippen LogP contribution in [0.2, 0.25) is 0 Å². The van der Waals surface area contributed by atoms with Gasteiger partial charge in [-0.15, -0.1) is 0 Å². The van der Waals surface area contributed by atoms with E-state index >= 15 is 0 Å². The zero-order chi connectivity index (χ0) is 15.6. The fourth-order valence-electron chi connectivity index (χ4n) is 2.39. The van der Waals surface area contributed by atoms with Crippen LogP contribution in [0.3, 0.4) is 0 Å². The van der Waals surface area contributed by atoms with E-state index in [1.807, 2.05) is 0 Å². The lowest BCUT2D eigenvalue weighted by atomic mass is 9.89. The maximum Gasteiger partial charge on any atom is 0.299 e. The summed E-state index contributed by atoms with van der Waals surface area (Å²) in [5.41, 5.74) is 5.03. The number of piperidine rings is 1. The van der Waals surface area contributed by atoms with Gasteiger partial charge in [-0.1, -0.05) is 0 Å². The van der Waals surface area contributed by atoms with Crippen molar-refractivity contribution >= 4 is 17.1 Å². The molecule has 0 radical (unpaired) electrons. The fraction of sp³-hybridized carbons (Fsp3) is 0.500. The van der Waals surface area contributed by atoms with Gasteiger partial charge in [0.1, 0.15) is 5.69 Å². The van der Waals surface area contributed by atoms with E-state index < -0.39 is 15.4 Å². The van der Waals surface area contributed by atoms with Crippen LogP contribution in [0.25, 0.3) is 0 Å². The first-order chi connectivity index (χ1) is 9.86. The van der Waals surface area contributed by atoms with Gasteiger partial charge < -0.3 is 15.7 Å². The van der Waals surface area contributed by atoms with Gasteiger partial charge in [0.15, 0.2) is 0 Å². The molecule has 1 aromatic carbocycles. The minimum Gasteiger partial charge on any atom is -0.394 e. The number of nitrogens with two attached hydrogens (primary N) is 1. The van der Waals surface area contributed by atoms with Crippen LogP contribution in [-0.4, -0.2) is 40.2 Å². The molecule has 0 bridgehead atoms. The van der Waals surface area contributed by atoms with E-state index in [-0.39, 0.29) is 18.0 Å². The average Bonchev–Trinajstić information content (AvgIpc) is 2.47. The van der Waals surface area contributed by atoms with Gasteiger partial charge in [0, 0.05) is 24.7 Å². The number of anilines is 1. The van der Waals surface area contributed by atoms with Gasteiger partial charge >= 0.3 is 0 Å². The second-order valence-corrected chi connectivity index (χ2v) is 5.19. The van der Waals surface area contributed by atoms with E-state index in [2.05, 4.69) is 0 Å². The first kappa shape index (κ1) is 15.1. The number of benzene rings is 1. The number of aliphatic hydroxyl groups excluding tert-OH is 1. The molecule has 2 rings (SSSR count). The highest BCUT2D eigenvalue weighted by atomic mass is 16.6. The van der Waals surface area contributed by atoms with Gasteiger partial charge in [-0.2, -0.15) is 0 Å². The van der Waals surface area contributed by atoms with Crippen molar-refractivity contribution in [3.05, 3.63) is 38.4 Å². The van der Waals surface area contributed by atoms with Crippen LogP contribution in [0.4, 0.5) is 17.1 Å². The molecule has 0 spiro atoms. The first-order valence-corrected chi connectivity index (χ1v) is 6.44. The van der Waals surface area contributed by atoms with Gasteiger partial charge in [-0.05, 0) is 18.9 Å². The van der Waals surface area contributed by atoms with E-state index in [1.54, 1.807) is 4.90 Å². The molecule has 9 nitrogen and oxygen atoms in total. The van der Waals surface area contributed by atoms with Crippen molar-refractivity contribution in [3.63, 3.8) is 0 Å². The quantitative estimate of drug-likeness (QED) is 0.619. The molecule has 0 atom stereocenters. The molecule has 3 N–H and O–H groups in total. The Morgan fingerprint density at radius 2 is 1.86 bits per heavy atom. The molecule has 0 amide bonds. The lowest BCUT2D eigenvalue weighted by molar-refractivity contribution is -0.393. The second kappa shape index (κ2) is 5.62. The first-order valence-electron chi connectivity index (χ1n) is 6.44. The number of hydrogen-bond acceptors (Lipinski definition) is 7. The van der Waals surface area contributed by atoms with Crippen molar-refractivity contribution in [1.29, 1.82) is 0 Å². The monoisotopic (exact) mass is 296 g/mol. The Hall–Kier alpha value is -2.26. The molecule has 0 unspecified atom stereocenters. The van der Waals surface area contributed by atoms with Crippen LogP contribution in [0.15, 0.2) is 18.2 Å². The predicted octanol–water partition coefficient (Wildman–Crippen LogP) is 0.793. The number of nitrogens with zero attached hydrogens (tertiary/aromatic N) is 3. The average molecular weight is 296 g/mol. The summed E-state index contributed by atoms with van der Waals surface area (Å²) >= 11 is 0. The Morgan fingerprint density at radius 1 is 1.24 bits per heavy atom. The van der Waals surface area contributed by atoms with Crippen LogP contribution >= 0.6 is 0 Å². The second-order valence-electron chi connectivity index (χ2n) is 5.19. The molecule has 114 valence electrons. The summed E-state index contributed by atoms with van der Waals surface area (Å²) in [6.45, 7) is 0.772. The lowest BCUT2D eigenvalue weighted by Crippen LogP contribution is -2.53. The zero-order valence-electron chi connectivity index (χ0n) is 11.3. The molecular formula is C12H16N4O5. The standard InChI is InChI=1S/C12H16N4O5/c13-12(8-17)3-5-14(6-4-12)10-2-1-9(15(18)19)7-11(10)16(20)21/h1-2,7,17H,3-6,8,13H2. The molecule has 1 aromatic rings. The Kier molecular flexibility index (Phi) is 4.05. The van der Waals surface area contributed by atoms with Crippen molar-refractivity contribution < 1.29 is 15.0 Å². The van der Waals surface area contributed by atoms with Crippen LogP contribution in [0.1, 0.15) is 12.8 Å².